The summed E-state index contributed by atoms with van der Waals surface area (Å²) in [6, 6.07) is 0. The largest absolute Gasteiger partial charge is 0.294 e. The van der Waals surface area contributed by atoms with Crippen LogP contribution < -0.4 is 5.48 Å². The van der Waals surface area contributed by atoms with Crippen LogP contribution in [0.5, 0.6) is 0 Å². The van der Waals surface area contributed by atoms with E-state index in [1.54, 1.807) is 18.2 Å². The first-order valence-electron chi connectivity index (χ1n) is 3.25. The average molecular weight is 151 g/mol. The molecule has 0 aromatic carbocycles. The molecule has 0 atom stereocenters. The van der Waals surface area contributed by atoms with Gasteiger partial charge >= 0.3 is 0 Å². The van der Waals surface area contributed by atoms with E-state index < -0.39 is 0 Å². The Bertz CT molecular complexity index is 261. The molecule has 0 unspecified atom stereocenters. The van der Waals surface area contributed by atoms with Gasteiger partial charge in [0, 0.05) is 17.3 Å². The number of hydroxylamine groups is 1. The van der Waals surface area contributed by atoms with Gasteiger partial charge in [-0.15, -0.1) is 0 Å². The molecule has 1 aliphatic rings. The van der Waals surface area contributed by atoms with Gasteiger partial charge in [-0.05, 0) is 6.92 Å². The van der Waals surface area contributed by atoms with Gasteiger partial charge in [-0.1, -0.05) is 18.2 Å². The van der Waals surface area contributed by atoms with Gasteiger partial charge < -0.3 is 0 Å². The molecule has 0 heterocycles. The first kappa shape index (κ1) is 7.75. The summed E-state index contributed by atoms with van der Waals surface area (Å²) in [6.45, 7) is 1.49. The van der Waals surface area contributed by atoms with Gasteiger partial charge in [-0.3, -0.25) is 15.5 Å². The molecule has 0 saturated heterocycles. The van der Waals surface area contributed by atoms with Crippen LogP contribution in [-0.2, 0) is 4.79 Å². The number of ketones is 1. The van der Waals surface area contributed by atoms with Gasteiger partial charge in [0.25, 0.3) is 0 Å². The molecular weight excluding hydrogens is 142 g/mol. The maximum atomic E-state index is 10.9. The van der Waals surface area contributed by atoms with Crippen LogP contribution in [-0.4, -0.2) is 11.0 Å². The third-order valence-corrected chi connectivity index (χ3v) is 1.45. The standard InChI is InChI=1S/C8H9NO2/c1-6(10)8-4-2-3-7(8)5-9-11/h2-5,9,11H,1H3/b7-5-. The highest BCUT2D eigenvalue weighted by atomic mass is 16.5. The zero-order valence-electron chi connectivity index (χ0n) is 6.16. The molecule has 3 heteroatoms. The predicted octanol–water partition coefficient (Wildman–Crippen LogP) is 0.934. The van der Waals surface area contributed by atoms with E-state index in [4.69, 9.17) is 5.21 Å². The number of rotatable bonds is 2. The van der Waals surface area contributed by atoms with Crippen LogP contribution in [0, 0.1) is 0 Å². The third kappa shape index (κ3) is 1.56. The predicted molar refractivity (Wildman–Crippen MR) is 40.9 cm³/mol. The minimum atomic E-state index is -0.00324. The third-order valence-electron chi connectivity index (χ3n) is 1.45. The van der Waals surface area contributed by atoms with E-state index in [2.05, 4.69) is 0 Å². The fourth-order valence-electron chi connectivity index (χ4n) is 0.950. The van der Waals surface area contributed by atoms with Crippen LogP contribution in [0.4, 0.5) is 0 Å². The fourth-order valence-corrected chi connectivity index (χ4v) is 0.950. The number of carbonyl (C=O) groups excluding carboxylic acids is 1. The maximum absolute atomic E-state index is 10.9. The molecule has 0 saturated carbocycles. The lowest BCUT2D eigenvalue weighted by molar-refractivity contribution is -0.113. The van der Waals surface area contributed by atoms with Crippen LogP contribution in [0.2, 0.25) is 0 Å². The summed E-state index contributed by atoms with van der Waals surface area (Å²) < 4.78 is 0. The molecule has 1 aliphatic carbocycles. The van der Waals surface area contributed by atoms with E-state index in [0.717, 1.165) is 0 Å². The first-order chi connectivity index (χ1) is 5.25. The Morgan fingerprint density at radius 2 is 2.45 bits per heavy atom. The van der Waals surface area contributed by atoms with E-state index in [9.17, 15) is 4.79 Å². The number of hydrogen-bond acceptors (Lipinski definition) is 3. The lowest BCUT2D eigenvalue weighted by atomic mass is 10.1. The number of allylic oxidation sites excluding steroid dienone is 5. The molecule has 0 aromatic heterocycles. The lowest BCUT2D eigenvalue weighted by Crippen LogP contribution is -2.01. The monoisotopic (exact) mass is 151 g/mol. The average Bonchev–Trinajstić information content (AvgIpc) is 2.36. The Morgan fingerprint density at radius 1 is 1.73 bits per heavy atom. The Morgan fingerprint density at radius 3 is 3.00 bits per heavy atom. The van der Waals surface area contributed by atoms with Gasteiger partial charge in [0.05, 0.1) is 0 Å². The second kappa shape index (κ2) is 3.16. The van der Waals surface area contributed by atoms with E-state index in [1.165, 1.54) is 13.1 Å². The molecule has 0 aromatic rings. The molecule has 0 aliphatic heterocycles. The van der Waals surface area contributed by atoms with E-state index >= 15 is 0 Å². The zero-order chi connectivity index (χ0) is 8.27. The molecule has 0 bridgehead atoms. The van der Waals surface area contributed by atoms with E-state index in [1.807, 2.05) is 5.48 Å². The van der Waals surface area contributed by atoms with Crippen molar-refractivity contribution in [1.29, 1.82) is 0 Å². The van der Waals surface area contributed by atoms with E-state index in [-0.39, 0.29) is 5.78 Å². The molecule has 0 spiro atoms. The minimum absolute atomic E-state index is 0.00324. The molecule has 0 amide bonds. The fraction of sp³-hybridized carbons (Fsp3) is 0.125. The summed E-state index contributed by atoms with van der Waals surface area (Å²) in [5.41, 5.74) is 3.21. The molecule has 0 fully saturated rings. The van der Waals surface area contributed by atoms with Gasteiger partial charge in [0.15, 0.2) is 5.78 Å². The summed E-state index contributed by atoms with van der Waals surface area (Å²) in [5.74, 6) is -0.00324. The van der Waals surface area contributed by atoms with Crippen LogP contribution in [0.25, 0.3) is 0 Å². The summed E-state index contributed by atoms with van der Waals surface area (Å²) in [7, 11) is 0. The molecule has 11 heavy (non-hydrogen) atoms. The van der Waals surface area contributed by atoms with Crippen molar-refractivity contribution >= 4 is 5.78 Å². The van der Waals surface area contributed by atoms with Crippen molar-refractivity contribution in [3.05, 3.63) is 35.6 Å². The normalized spacial score (nSPS) is 18.7. The Balaban J connectivity index is 2.85. The van der Waals surface area contributed by atoms with Crippen molar-refractivity contribution in [3.8, 4) is 0 Å². The van der Waals surface area contributed by atoms with Crippen LogP contribution in [0.1, 0.15) is 6.92 Å². The molecule has 0 radical (unpaired) electrons. The topological polar surface area (TPSA) is 49.3 Å². The van der Waals surface area contributed by atoms with Gasteiger partial charge in [0.2, 0.25) is 0 Å². The highest BCUT2D eigenvalue weighted by Crippen LogP contribution is 2.17. The minimum Gasteiger partial charge on any atom is -0.294 e. The molecule has 2 N–H and O–H groups in total. The van der Waals surface area contributed by atoms with Crippen molar-refractivity contribution in [2.45, 2.75) is 6.92 Å². The Kier molecular flexibility index (Phi) is 2.23. The molecular formula is C8H9NO2. The number of nitrogens with one attached hydrogen (secondary N) is 1. The Hall–Kier alpha value is -1.35. The summed E-state index contributed by atoms with van der Waals surface area (Å²) in [6.07, 6.45) is 6.60. The smallest absolute Gasteiger partial charge is 0.160 e. The number of carbonyl (C=O) groups is 1. The van der Waals surface area contributed by atoms with Crippen molar-refractivity contribution < 1.29 is 10.0 Å². The molecule has 3 nitrogen and oxygen atoms in total. The van der Waals surface area contributed by atoms with Gasteiger partial charge in [-0.2, -0.15) is 0 Å². The second-order valence-corrected chi connectivity index (χ2v) is 2.22. The molecule has 58 valence electrons. The summed E-state index contributed by atoms with van der Waals surface area (Å²) in [5, 5.41) is 8.33. The van der Waals surface area contributed by atoms with Crippen LogP contribution >= 0.6 is 0 Å². The Labute approximate surface area is 64.7 Å². The maximum Gasteiger partial charge on any atom is 0.160 e. The lowest BCUT2D eigenvalue weighted by Gasteiger charge is -1.98. The van der Waals surface area contributed by atoms with Crippen LogP contribution in [0.15, 0.2) is 35.6 Å². The van der Waals surface area contributed by atoms with Crippen molar-refractivity contribution in [2.75, 3.05) is 0 Å². The van der Waals surface area contributed by atoms with Gasteiger partial charge in [-0.25, -0.2) is 0 Å². The van der Waals surface area contributed by atoms with Gasteiger partial charge in [0.1, 0.15) is 0 Å². The van der Waals surface area contributed by atoms with Crippen molar-refractivity contribution in [2.24, 2.45) is 0 Å². The summed E-state index contributed by atoms with van der Waals surface area (Å²) in [4.78, 5) is 10.9. The highest BCUT2D eigenvalue weighted by Gasteiger charge is 2.09. The molecule has 1 rings (SSSR count). The SMILES string of the molecule is CC(=O)C1=CC=C/C1=C/NO. The summed E-state index contributed by atoms with van der Waals surface area (Å²) >= 11 is 0. The highest BCUT2D eigenvalue weighted by molar-refractivity contribution is 5.99. The second-order valence-electron chi connectivity index (χ2n) is 2.22. The quantitative estimate of drug-likeness (QED) is 0.577. The van der Waals surface area contributed by atoms with Crippen molar-refractivity contribution in [3.63, 3.8) is 0 Å². The van der Waals surface area contributed by atoms with Crippen molar-refractivity contribution in [1.82, 2.24) is 5.48 Å². The van der Waals surface area contributed by atoms with Crippen LogP contribution in [0.3, 0.4) is 0 Å². The van der Waals surface area contributed by atoms with E-state index in [0.29, 0.717) is 11.1 Å². The zero-order valence-corrected chi connectivity index (χ0v) is 6.16. The number of Topliss-reactive ketones (excluding diaryl/α,β-unsaturated/α-hetero) is 1. The first-order valence-corrected chi connectivity index (χ1v) is 3.25. The number of hydrogen-bond donors (Lipinski definition) is 2.